The van der Waals surface area contributed by atoms with Crippen molar-refractivity contribution in [2.75, 3.05) is 18.8 Å². The standard InChI is InChI=1S/C26H27N7O2/c1-2-24(34)17-4-3-5-21(12-17)33-25(35)7-6-23(31-33)22-13-18(14-29-26(22)27)19-15-30-32(16-19)20-8-10-28-11-9-20/h3-7,12-16,20,28H,2,8-11H2,1H3,(H2,27,29). The van der Waals surface area contributed by atoms with Crippen molar-refractivity contribution < 1.29 is 4.79 Å². The fourth-order valence-electron chi connectivity index (χ4n) is 4.35. The Morgan fingerprint density at radius 1 is 1.11 bits per heavy atom. The summed E-state index contributed by atoms with van der Waals surface area (Å²) < 4.78 is 3.30. The average Bonchev–Trinajstić information content (AvgIpc) is 3.40. The van der Waals surface area contributed by atoms with E-state index < -0.39 is 0 Å². The Morgan fingerprint density at radius 2 is 1.94 bits per heavy atom. The number of carbonyl (C=O) groups is 1. The topological polar surface area (TPSA) is 121 Å². The maximum Gasteiger partial charge on any atom is 0.271 e. The van der Waals surface area contributed by atoms with Crippen molar-refractivity contribution in [1.29, 1.82) is 0 Å². The number of anilines is 1. The molecular weight excluding hydrogens is 442 g/mol. The van der Waals surface area contributed by atoms with Gasteiger partial charge in [-0.05, 0) is 50.2 Å². The minimum absolute atomic E-state index is 0.00207. The number of rotatable bonds is 6. The van der Waals surface area contributed by atoms with Crippen LogP contribution in [0.1, 0.15) is 42.6 Å². The quantitative estimate of drug-likeness (QED) is 0.416. The SMILES string of the molecule is CCC(=O)c1cccc(-n2nc(-c3cc(-c4cnn(C5CCNCC5)c4)cnc3N)ccc2=O)c1. The number of carbonyl (C=O) groups excluding carboxylic acids is 1. The number of nitrogen functional groups attached to an aromatic ring is 1. The summed E-state index contributed by atoms with van der Waals surface area (Å²) in [5, 5.41) is 12.5. The molecule has 4 heterocycles. The molecule has 4 aromatic rings. The van der Waals surface area contributed by atoms with E-state index in [0.29, 0.717) is 40.8 Å². The van der Waals surface area contributed by atoms with E-state index in [9.17, 15) is 9.59 Å². The van der Waals surface area contributed by atoms with Gasteiger partial charge in [-0.2, -0.15) is 14.9 Å². The lowest BCUT2D eigenvalue weighted by molar-refractivity contribution is 0.0988. The van der Waals surface area contributed by atoms with Gasteiger partial charge in [-0.15, -0.1) is 0 Å². The van der Waals surface area contributed by atoms with Crippen LogP contribution < -0.4 is 16.6 Å². The molecular formula is C26H27N7O2. The van der Waals surface area contributed by atoms with Crippen molar-refractivity contribution in [3.05, 3.63) is 77.0 Å². The summed E-state index contributed by atoms with van der Waals surface area (Å²) in [4.78, 5) is 29.2. The van der Waals surface area contributed by atoms with Crippen LogP contribution in [0.25, 0.3) is 28.1 Å². The van der Waals surface area contributed by atoms with Crippen LogP contribution in [-0.2, 0) is 0 Å². The molecule has 0 aliphatic carbocycles. The molecule has 0 spiro atoms. The molecule has 0 amide bonds. The van der Waals surface area contributed by atoms with Gasteiger partial charge in [0.25, 0.3) is 5.56 Å². The molecule has 178 valence electrons. The fourth-order valence-corrected chi connectivity index (χ4v) is 4.35. The molecule has 35 heavy (non-hydrogen) atoms. The van der Waals surface area contributed by atoms with E-state index in [2.05, 4.69) is 20.5 Å². The van der Waals surface area contributed by atoms with E-state index in [1.165, 1.54) is 10.7 Å². The number of pyridine rings is 1. The van der Waals surface area contributed by atoms with Crippen molar-refractivity contribution in [3.63, 3.8) is 0 Å². The fraction of sp³-hybridized carbons (Fsp3) is 0.269. The molecule has 1 aromatic carbocycles. The molecule has 0 atom stereocenters. The smallest absolute Gasteiger partial charge is 0.271 e. The summed E-state index contributed by atoms with van der Waals surface area (Å²) in [5.74, 6) is 0.314. The zero-order chi connectivity index (χ0) is 24.4. The molecule has 3 N–H and O–H groups in total. The number of aromatic nitrogens is 5. The summed E-state index contributed by atoms with van der Waals surface area (Å²) in [7, 11) is 0. The highest BCUT2D eigenvalue weighted by atomic mass is 16.1. The van der Waals surface area contributed by atoms with Crippen LogP contribution in [0, 0.1) is 0 Å². The Hall–Kier alpha value is -4.11. The van der Waals surface area contributed by atoms with Crippen LogP contribution in [0.3, 0.4) is 0 Å². The minimum Gasteiger partial charge on any atom is -0.383 e. The maximum atomic E-state index is 12.6. The Bertz CT molecular complexity index is 1430. The molecule has 1 saturated heterocycles. The van der Waals surface area contributed by atoms with Gasteiger partial charge in [-0.3, -0.25) is 14.3 Å². The maximum absolute atomic E-state index is 12.6. The Balaban J connectivity index is 1.51. The number of hydrogen-bond donors (Lipinski definition) is 2. The van der Waals surface area contributed by atoms with Gasteiger partial charge in [0.15, 0.2) is 5.78 Å². The van der Waals surface area contributed by atoms with E-state index in [1.54, 1.807) is 43.5 Å². The Morgan fingerprint density at radius 3 is 2.74 bits per heavy atom. The van der Waals surface area contributed by atoms with Gasteiger partial charge in [0.2, 0.25) is 0 Å². The van der Waals surface area contributed by atoms with Crippen LogP contribution in [0.4, 0.5) is 5.82 Å². The Labute approximate surface area is 202 Å². The minimum atomic E-state index is -0.305. The lowest BCUT2D eigenvalue weighted by atomic mass is 10.1. The first-order valence-electron chi connectivity index (χ1n) is 11.8. The number of ketones is 1. The average molecular weight is 470 g/mol. The normalized spacial score (nSPS) is 14.2. The second-order valence-corrected chi connectivity index (χ2v) is 8.64. The number of benzene rings is 1. The number of piperidine rings is 1. The molecule has 9 nitrogen and oxygen atoms in total. The summed E-state index contributed by atoms with van der Waals surface area (Å²) in [6, 6.07) is 12.3. The number of nitrogens with zero attached hydrogens (tertiary/aromatic N) is 5. The highest BCUT2D eigenvalue weighted by Gasteiger charge is 2.17. The van der Waals surface area contributed by atoms with Gasteiger partial charge >= 0.3 is 0 Å². The third kappa shape index (κ3) is 4.63. The van der Waals surface area contributed by atoms with Gasteiger partial charge in [0.05, 0.1) is 23.6 Å². The molecule has 0 radical (unpaired) electrons. The van der Waals surface area contributed by atoms with E-state index in [4.69, 9.17) is 5.73 Å². The van der Waals surface area contributed by atoms with Gasteiger partial charge in [-0.1, -0.05) is 19.1 Å². The number of hydrogen-bond acceptors (Lipinski definition) is 7. The number of nitrogens with two attached hydrogens (primary N) is 1. The first-order chi connectivity index (χ1) is 17.0. The van der Waals surface area contributed by atoms with Crippen molar-refractivity contribution in [1.82, 2.24) is 29.9 Å². The summed E-state index contributed by atoms with van der Waals surface area (Å²) in [6.07, 6.45) is 8.07. The van der Waals surface area contributed by atoms with Crippen molar-refractivity contribution in [2.24, 2.45) is 0 Å². The molecule has 0 unspecified atom stereocenters. The van der Waals surface area contributed by atoms with Gasteiger partial charge < -0.3 is 11.1 Å². The molecule has 1 aliphatic heterocycles. The largest absolute Gasteiger partial charge is 0.383 e. The Kier molecular flexibility index (Phi) is 6.24. The van der Waals surface area contributed by atoms with Gasteiger partial charge in [0.1, 0.15) is 5.82 Å². The predicted molar refractivity (Wildman–Crippen MR) is 134 cm³/mol. The van der Waals surface area contributed by atoms with Crippen LogP contribution >= 0.6 is 0 Å². The number of nitrogens with one attached hydrogen (secondary N) is 1. The lowest BCUT2D eigenvalue weighted by Gasteiger charge is -2.22. The van der Waals surface area contributed by atoms with Gasteiger partial charge in [0, 0.05) is 47.1 Å². The van der Waals surface area contributed by atoms with Crippen LogP contribution in [0.5, 0.6) is 0 Å². The molecule has 3 aromatic heterocycles. The molecule has 0 saturated carbocycles. The summed E-state index contributed by atoms with van der Waals surface area (Å²) in [6.45, 7) is 3.79. The molecule has 5 rings (SSSR count). The molecule has 0 bridgehead atoms. The van der Waals surface area contributed by atoms with Crippen LogP contribution in [0.15, 0.2) is 65.8 Å². The van der Waals surface area contributed by atoms with Crippen LogP contribution in [-0.4, -0.2) is 43.4 Å². The van der Waals surface area contributed by atoms with E-state index in [1.807, 2.05) is 23.1 Å². The zero-order valence-corrected chi connectivity index (χ0v) is 19.5. The second-order valence-electron chi connectivity index (χ2n) is 8.64. The van der Waals surface area contributed by atoms with E-state index in [0.717, 1.165) is 37.1 Å². The lowest BCUT2D eigenvalue weighted by Crippen LogP contribution is -2.29. The zero-order valence-electron chi connectivity index (χ0n) is 19.5. The molecule has 1 aliphatic rings. The van der Waals surface area contributed by atoms with Crippen molar-refractivity contribution >= 4 is 11.6 Å². The third-order valence-corrected chi connectivity index (χ3v) is 6.35. The van der Waals surface area contributed by atoms with Crippen molar-refractivity contribution in [3.8, 4) is 28.1 Å². The highest BCUT2D eigenvalue weighted by molar-refractivity contribution is 5.96. The second kappa shape index (κ2) is 9.63. The first kappa shape index (κ1) is 22.7. The predicted octanol–water partition coefficient (Wildman–Crippen LogP) is 3.26. The first-order valence-corrected chi connectivity index (χ1v) is 11.8. The molecule has 1 fully saturated rings. The van der Waals surface area contributed by atoms with Crippen LogP contribution in [0.2, 0.25) is 0 Å². The number of Topliss-reactive ketones (excluding diaryl/α,β-unsaturated/α-hetero) is 1. The highest BCUT2D eigenvalue weighted by Crippen LogP contribution is 2.29. The summed E-state index contributed by atoms with van der Waals surface area (Å²) in [5.41, 5.74) is 9.90. The molecule has 9 heteroatoms. The van der Waals surface area contributed by atoms with E-state index in [-0.39, 0.29) is 11.3 Å². The summed E-state index contributed by atoms with van der Waals surface area (Å²) >= 11 is 0. The van der Waals surface area contributed by atoms with E-state index >= 15 is 0 Å². The van der Waals surface area contributed by atoms with Gasteiger partial charge in [-0.25, -0.2) is 4.98 Å². The monoisotopic (exact) mass is 469 g/mol. The van der Waals surface area contributed by atoms with Crippen molar-refractivity contribution in [2.45, 2.75) is 32.2 Å². The third-order valence-electron chi connectivity index (χ3n) is 6.35.